The lowest BCUT2D eigenvalue weighted by Crippen LogP contribution is -2.55. The van der Waals surface area contributed by atoms with E-state index in [2.05, 4.69) is 21.2 Å². The average molecular weight is 476 g/mol. The quantitative estimate of drug-likeness (QED) is 0.577. The number of carbonyl (C=O) groups is 1. The lowest BCUT2D eigenvalue weighted by molar-refractivity contribution is -0.161. The van der Waals surface area contributed by atoms with Gasteiger partial charge in [-0.3, -0.25) is 4.79 Å². The summed E-state index contributed by atoms with van der Waals surface area (Å²) < 4.78 is 13.0. The highest BCUT2D eigenvalue weighted by Gasteiger charge is 2.61. The van der Waals surface area contributed by atoms with Crippen molar-refractivity contribution >= 4 is 33.2 Å². The highest BCUT2D eigenvalue weighted by atomic mass is 79.9. The largest absolute Gasteiger partial charge is 0.493 e. The summed E-state index contributed by atoms with van der Waals surface area (Å²) in [6.07, 6.45) is 0.659. The van der Waals surface area contributed by atoms with Gasteiger partial charge in [0.25, 0.3) is 5.91 Å². The van der Waals surface area contributed by atoms with Crippen LogP contribution < -0.4 is 14.8 Å². The molecule has 3 heterocycles. The van der Waals surface area contributed by atoms with Gasteiger partial charge in [-0.1, -0.05) is 58.4 Å². The van der Waals surface area contributed by atoms with Gasteiger partial charge in [-0.05, 0) is 29.8 Å². The minimum atomic E-state index is -1.41. The third-order valence-corrected chi connectivity index (χ3v) is 6.57. The Hall–Kier alpha value is -3.32. The third-order valence-electron chi connectivity index (χ3n) is 6.08. The molecule has 0 aliphatic carbocycles. The van der Waals surface area contributed by atoms with E-state index in [9.17, 15) is 4.79 Å². The number of hydrazone groups is 1. The van der Waals surface area contributed by atoms with E-state index in [1.807, 2.05) is 71.7 Å². The van der Waals surface area contributed by atoms with Crippen molar-refractivity contribution in [2.45, 2.75) is 18.2 Å². The van der Waals surface area contributed by atoms with Crippen molar-refractivity contribution < 1.29 is 14.3 Å². The Bertz CT molecular complexity index is 1260. The molecule has 154 valence electrons. The molecule has 0 bridgehead atoms. The zero-order valence-electron chi connectivity index (χ0n) is 16.6. The predicted molar refractivity (Wildman–Crippen MR) is 120 cm³/mol. The standard InChI is InChI=1S/C24H18BrN3O3/c1-30-21-9-5-8-16-20-13-19(14-6-3-2-4-7-14)27-28(20)24(31-22(16)21)17-12-15(25)10-11-18(17)26-23(24)29/h2-12,20H,13H2,1H3,(H,26,29). The Morgan fingerprint density at radius 1 is 1.16 bits per heavy atom. The highest BCUT2D eigenvalue weighted by Crippen LogP contribution is 2.56. The van der Waals surface area contributed by atoms with E-state index in [-0.39, 0.29) is 11.9 Å². The summed E-state index contributed by atoms with van der Waals surface area (Å²) in [6, 6.07) is 21.4. The van der Waals surface area contributed by atoms with E-state index in [0.29, 0.717) is 23.6 Å². The smallest absolute Gasteiger partial charge is 0.306 e. The zero-order chi connectivity index (χ0) is 21.2. The summed E-state index contributed by atoms with van der Waals surface area (Å²) in [7, 11) is 1.61. The number of rotatable bonds is 2. The number of carbonyl (C=O) groups excluding carboxylic acids is 1. The molecule has 3 aromatic rings. The number of para-hydroxylation sites is 1. The summed E-state index contributed by atoms with van der Waals surface area (Å²) in [5.41, 5.74) is 2.93. The number of hydrogen-bond acceptors (Lipinski definition) is 5. The lowest BCUT2D eigenvalue weighted by atomic mass is 9.92. The highest BCUT2D eigenvalue weighted by molar-refractivity contribution is 9.10. The van der Waals surface area contributed by atoms with Crippen LogP contribution in [0.15, 0.2) is 76.3 Å². The van der Waals surface area contributed by atoms with Crippen LogP contribution in [0.2, 0.25) is 0 Å². The molecule has 0 fully saturated rings. The van der Waals surface area contributed by atoms with Crippen LogP contribution in [0.25, 0.3) is 0 Å². The van der Waals surface area contributed by atoms with Crippen LogP contribution in [0, 0.1) is 0 Å². The maximum Gasteiger partial charge on any atom is 0.306 e. The van der Waals surface area contributed by atoms with Gasteiger partial charge < -0.3 is 14.8 Å². The molecule has 0 radical (unpaired) electrons. The van der Waals surface area contributed by atoms with Crippen molar-refractivity contribution in [1.82, 2.24) is 5.01 Å². The van der Waals surface area contributed by atoms with Gasteiger partial charge >= 0.3 is 5.72 Å². The molecule has 1 amide bonds. The van der Waals surface area contributed by atoms with E-state index in [1.54, 1.807) is 7.11 Å². The fraction of sp³-hybridized carbons (Fsp3) is 0.167. The molecule has 6 rings (SSSR count). The van der Waals surface area contributed by atoms with Crippen LogP contribution in [0.1, 0.15) is 29.2 Å². The van der Waals surface area contributed by atoms with E-state index < -0.39 is 5.72 Å². The molecule has 2 atom stereocenters. The first-order chi connectivity index (χ1) is 15.1. The van der Waals surface area contributed by atoms with Crippen LogP contribution in [0.3, 0.4) is 0 Å². The van der Waals surface area contributed by atoms with Crippen molar-refractivity contribution in [3.63, 3.8) is 0 Å². The second-order valence-electron chi connectivity index (χ2n) is 7.75. The number of nitrogens with zero attached hydrogens (tertiary/aromatic N) is 2. The number of nitrogens with one attached hydrogen (secondary N) is 1. The summed E-state index contributed by atoms with van der Waals surface area (Å²) in [6.45, 7) is 0. The number of halogens is 1. The Kier molecular flexibility index (Phi) is 3.92. The number of benzene rings is 3. The number of hydrogen-bond donors (Lipinski definition) is 1. The number of amides is 1. The molecule has 3 aliphatic rings. The average Bonchev–Trinajstić information content (AvgIpc) is 3.36. The summed E-state index contributed by atoms with van der Waals surface area (Å²) in [5.74, 6) is 0.917. The molecule has 0 saturated heterocycles. The van der Waals surface area contributed by atoms with Crippen molar-refractivity contribution in [2.24, 2.45) is 5.10 Å². The molecule has 6 nitrogen and oxygen atoms in total. The normalized spacial score (nSPS) is 22.9. The topological polar surface area (TPSA) is 63.2 Å². The molecule has 31 heavy (non-hydrogen) atoms. The fourth-order valence-electron chi connectivity index (χ4n) is 4.67. The van der Waals surface area contributed by atoms with Crippen LogP contribution >= 0.6 is 15.9 Å². The second kappa shape index (κ2) is 6.59. The first kappa shape index (κ1) is 18.4. The fourth-order valence-corrected chi connectivity index (χ4v) is 5.03. The van der Waals surface area contributed by atoms with Gasteiger partial charge in [0, 0.05) is 16.5 Å². The summed E-state index contributed by atoms with van der Waals surface area (Å²) in [5, 5.41) is 9.77. The van der Waals surface area contributed by atoms with Gasteiger partial charge in [-0.15, -0.1) is 0 Å². The van der Waals surface area contributed by atoms with Crippen LogP contribution in [-0.4, -0.2) is 23.7 Å². The molecular formula is C24H18BrN3O3. The van der Waals surface area contributed by atoms with Crippen molar-refractivity contribution in [3.05, 3.63) is 87.9 Å². The first-order valence-corrected chi connectivity index (χ1v) is 10.8. The minimum Gasteiger partial charge on any atom is -0.493 e. The van der Waals surface area contributed by atoms with Crippen molar-refractivity contribution in [3.8, 4) is 11.5 Å². The Balaban J connectivity index is 1.61. The van der Waals surface area contributed by atoms with Gasteiger partial charge in [0.15, 0.2) is 11.5 Å². The number of anilines is 1. The van der Waals surface area contributed by atoms with Crippen molar-refractivity contribution in [1.29, 1.82) is 0 Å². The van der Waals surface area contributed by atoms with Gasteiger partial charge in [-0.2, -0.15) is 5.10 Å². The van der Waals surface area contributed by atoms with Gasteiger partial charge in [-0.25, -0.2) is 5.01 Å². The number of fused-ring (bicyclic) bond motifs is 6. The molecule has 3 aliphatic heterocycles. The Labute approximate surface area is 187 Å². The lowest BCUT2D eigenvalue weighted by Gasteiger charge is -2.44. The predicted octanol–water partition coefficient (Wildman–Crippen LogP) is 4.81. The molecule has 3 aromatic carbocycles. The molecule has 1 spiro atoms. The molecule has 1 N–H and O–H groups in total. The third kappa shape index (κ3) is 2.50. The van der Waals surface area contributed by atoms with E-state index >= 15 is 0 Å². The van der Waals surface area contributed by atoms with Crippen LogP contribution in [0.4, 0.5) is 5.69 Å². The summed E-state index contributed by atoms with van der Waals surface area (Å²) >= 11 is 3.54. The SMILES string of the molecule is COc1cccc2c1OC1(C(=O)Nc3ccc(Br)cc31)N1N=C(c3ccccc3)CC21. The van der Waals surface area contributed by atoms with Gasteiger partial charge in [0.2, 0.25) is 0 Å². The first-order valence-electron chi connectivity index (χ1n) is 10.0. The van der Waals surface area contributed by atoms with Gasteiger partial charge in [0.1, 0.15) is 0 Å². The second-order valence-corrected chi connectivity index (χ2v) is 8.66. The van der Waals surface area contributed by atoms with E-state index in [0.717, 1.165) is 26.9 Å². The Morgan fingerprint density at radius 3 is 2.81 bits per heavy atom. The van der Waals surface area contributed by atoms with Crippen LogP contribution in [0.5, 0.6) is 11.5 Å². The Morgan fingerprint density at radius 2 is 2.00 bits per heavy atom. The molecular weight excluding hydrogens is 458 g/mol. The number of ether oxygens (including phenoxy) is 2. The summed E-state index contributed by atoms with van der Waals surface area (Å²) in [4.78, 5) is 13.5. The van der Waals surface area contributed by atoms with E-state index in [1.165, 1.54) is 0 Å². The van der Waals surface area contributed by atoms with E-state index in [4.69, 9.17) is 14.6 Å². The monoisotopic (exact) mass is 475 g/mol. The molecule has 0 aromatic heterocycles. The maximum atomic E-state index is 13.5. The van der Waals surface area contributed by atoms with Gasteiger partial charge in [0.05, 0.1) is 30.1 Å². The molecule has 7 heteroatoms. The number of methoxy groups -OCH3 is 1. The molecule has 0 saturated carbocycles. The minimum absolute atomic E-state index is 0.162. The molecule has 2 unspecified atom stereocenters. The van der Waals surface area contributed by atoms with Crippen molar-refractivity contribution in [2.75, 3.05) is 12.4 Å². The maximum absolute atomic E-state index is 13.5. The zero-order valence-corrected chi connectivity index (χ0v) is 18.2. The van der Waals surface area contributed by atoms with Crippen LogP contribution in [-0.2, 0) is 10.5 Å².